The van der Waals surface area contributed by atoms with E-state index in [1.54, 1.807) is 12.3 Å². The van der Waals surface area contributed by atoms with Gasteiger partial charge in [0.25, 0.3) is 0 Å². The quantitative estimate of drug-likeness (QED) is 0.659. The van der Waals surface area contributed by atoms with Gasteiger partial charge >= 0.3 is 0 Å². The number of carbonyl (C=O) groups is 1. The molecule has 0 radical (unpaired) electrons. The molecule has 0 N–H and O–H groups in total. The summed E-state index contributed by atoms with van der Waals surface area (Å²) >= 11 is 1.45. The molecular weight excluding hydrogens is 176 g/mol. The van der Waals surface area contributed by atoms with Gasteiger partial charge in [-0.1, -0.05) is 5.16 Å². The fourth-order valence-corrected chi connectivity index (χ4v) is 1.38. The topological polar surface area (TPSA) is 56.0 Å². The van der Waals surface area contributed by atoms with Crippen molar-refractivity contribution in [1.29, 1.82) is 0 Å². The van der Waals surface area contributed by atoms with Gasteiger partial charge in [-0.05, 0) is 0 Å². The van der Waals surface area contributed by atoms with Crippen molar-refractivity contribution in [3.8, 4) is 10.7 Å². The lowest BCUT2D eigenvalue weighted by atomic mass is 10.4. The van der Waals surface area contributed by atoms with Gasteiger partial charge in [0.05, 0.1) is 0 Å². The van der Waals surface area contributed by atoms with Crippen molar-refractivity contribution in [3.05, 3.63) is 23.4 Å². The highest BCUT2D eigenvalue weighted by atomic mass is 32.1. The second kappa shape index (κ2) is 2.86. The highest BCUT2D eigenvalue weighted by Gasteiger charge is 2.06. The Labute approximate surface area is 71.8 Å². The Hall–Kier alpha value is -1.49. The van der Waals surface area contributed by atoms with E-state index in [-0.39, 0.29) is 5.76 Å². The van der Waals surface area contributed by atoms with Crippen LogP contribution in [0, 0.1) is 0 Å². The average molecular weight is 180 g/mol. The Morgan fingerprint density at radius 3 is 3.08 bits per heavy atom. The first-order valence-corrected chi connectivity index (χ1v) is 4.10. The van der Waals surface area contributed by atoms with Crippen LogP contribution in [0.25, 0.3) is 10.7 Å². The third-order valence-corrected chi connectivity index (χ3v) is 2.09. The molecule has 0 amide bonds. The molecule has 0 saturated heterocycles. The van der Waals surface area contributed by atoms with E-state index in [2.05, 4.69) is 14.7 Å². The van der Waals surface area contributed by atoms with Crippen LogP contribution < -0.4 is 0 Å². The maximum atomic E-state index is 10.2. The fourth-order valence-electron chi connectivity index (χ4n) is 0.796. The maximum absolute atomic E-state index is 10.2. The molecule has 4 nitrogen and oxygen atoms in total. The Morgan fingerprint density at radius 2 is 2.50 bits per heavy atom. The van der Waals surface area contributed by atoms with Gasteiger partial charge in [0.15, 0.2) is 12.0 Å². The van der Waals surface area contributed by atoms with Crippen LogP contribution in [-0.2, 0) is 0 Å². The number of aromatic nitrogens is 2. The van der Waals surface area contributed by atoms with Crippen molar-refractivity contribution in [2.45, 2.75) is 0 Å². The Balaban J connectivity index is 2.41. The Bertz CT molecular complexity index is 380. The number of aldehydes is 1. The van der Waals surface area contributed by atoms with E-state index in [1.165, 1.54) is 11.3 Å². The Morgan fingerprint density at radius 1 is 1.58 bits per heavy atom. The van der Waals surface area contributed by atoms with Crippen LogP contribution in [0.1, 0.15) is 10.6 Å². The van der Waals surface area contributed by atoms with Crippen LogP contribution >= 0.6 is 11.3 Å². The zero-order valence-electron chi connectivity index (χ0n) is 5.93. The van der Waals surface area contributed by atoms with Gasteiger partial charge in [-0.2, -0.15) is 0 Å². The molecule has 0 fully saturated rings. The van der Waals surface area contributed by atoms with Crippen molar-refractivity contribution < 1.29 is 9.32 Å². The number of hydrogen-bond acceptors (Lipinski definition) is 5. The van der Waals surface area contributed by atoms with Crippen LogP contribution in [-0.4, -0.2) is 16.4 Å². The maximum Gasteiger partial charge on any atom is 0.199 e. The van der Waals surface area contributed by atoms with Crippen molar-refractivity contribution >= 4 is 17.6 Å². The molecular formula is C7H4N2O2S. The molecule has 2 aromatic heterocycles. The lowest BCUT2D eigenvalue weighted by Gasteiger charge is -1.80. The highest BCUT2D eigenvalue weighted by Crippen LogP contribution is 2.20. The first kappa shape index (κ1) is 7.17. The van der Waals surface area contributed by atoms with Crippen LogP contribution in [0.15, 0.2) is 22.2 Å². The monoisotopic (exact) mass is 180 g/mol. The number of rotatable bonds is 2. The fraction of sp³-hybridized carbons (Fsp3) is 0. The molecule has 0 aromatic carbocycles. The van der Waals surface area contributed by atoms with Gasteiger partial charge in [0, 0.05) is 17.6 Å². The molecule has 0 spiro atoms. The van der Waals surface area contributed by atoms with Crippen LogP contribution in [0.2, 0.25) is 0 Å². The predicted octanol–water partition coefficient (Wildman–Crippen LogP) is 1.61. The molecule has 0 aliphatic rings. The molecule has 12 heavy (non-hydrogen) atoms. The minimum Gasteiger partial charge on any atom is -0.353 e. The summed E-state index contributed by atoms with van der Waals surface area (Å²) in [5, 5.41) is 6.27. The molecule has 0 aliphatic carbocycles. The first-order chi connectivity index (χ1) is 5.90. The number of nitrogens with zero attached hydrogens (tertiary/aromatic N) is 2. The lowest BCUT2D eigenvalue weighted by molar-refractivity contribution is 0.109. The van der Waals surface area contributed by atoms with E-state index in [0.717, 1.165) is 5.01 Å². The third kappa shape index (κ3) is 1.14. The van der Waals surface area contributed by atoms with Crippen LogP contribution in [0.5, 0.6) is 0 Å². The van der Waals surface area contributed by atoms with E-state index in [9.17, 15) is 4.79 Å². The van der Waals surface area contributed by atoms with Crippen molar-refractivity contribution in [1.82, 2.24) is 10.1 Å². The van der Waals surface area contributed by atoms with Gasteiger partial charge in [-0.15, -0.1) is 11.3 Å². The van der Waals surface area contributed by atoms with Gasteiger partial charge in [-0.3, -0.25) is 4.79 Å². The largest absolute Gasteiger partial charge is 0.353 e. The molecule has 0 bridgehead atoms. The SMILES string of the molecule is O=Cc1cc(-c2nccs2)no1. The summed E-state index contributed by atoms with van der Waals surface area (Å²) in [6, 6.07) is 1.56. The summed E-state index contributed by atoms with van der Waals surface area (Å²) < 4.78 is 4.69. The molecule has 2 rings (SSSR count). The van der Waals surface area contributed by atoms with Crippen molar-refractivity contribution in [2.75, 3.05) is 0 Å². The summed E-state index contributed by atoms with van der Waals surface area (Å²) in [4.78, 5) is 14.3. The highest BCUT2D eigenvalue weighted by molar-refractivity contribution is 7.13. The number of thiazole rings is 1. The average Bonchev–Trinajstić information content (AvgIpc) is 2.75. The molecule has 5 heteroatoms. The minimum absolute atomic E-state index is 0.222. The molecule has 0 aliphatic heterocycles. The zero-order valence-corrected chi connectivity index (χ0v) is 6.75. The molecule has 0 unspecified atom stereocenters. The standard InChI is InChI=1S/C7H4N2O2S/c10-4-5-3-6(9-11-5)7-8-1-2-12-7/h1-4H. The summed E-state index contributed by atoms with van der Waals surface area (Å²) in [5.41, 5.74) is 0.604. The van der Waals surface area contributed by atoms with Gasteiger partial charge in [0.2, 0.25) is 0 Å². The predicted molar refractivity (Wildman–Crippen MR) is 43.0 cm³/mol. The lowest BCUT2D eigenvalue weighted by Crippen LogP contribution is -1.71. The molecule has 2 aromatic rings. The summed E-state index contributed by atoms with van der Waals surface area (Å²) in [6.45, 7) is 0. The second-order valence-electron chi connectivity index (χ2n) is 2.07. The van der Waals surface area contributed by atoms with E-state index in [0.29, 0.717) is 12.0 Å². The van der Waals surface area contributed by atoms with E-state index >= 15 is 0 Å². The molecule has 2 heterocycles. The summed E-state index contributed by atoms with van der Waals surface area (Å²) in [7, 11) is 0. The van der Waals surface area contributed by atoms with Crippen LogP contribution in [0.3, 0.4) is 0 Å². The molecule has 60 valence electrons. The number of hydrogen-bond donors (Lipinski definition) is 0. The number of carbonyl (C=O) groups excluding carboxylic acids is 1. The first-order valence-electron chi connectivity index (χ1n) is 3.22. The van der Waals surface area contributed by atoms with E-state index < -0.39 is 0 Å². The second-order valence-corrected chi connectivity index (χ2v) is 2.96. The summed E-state index contributed by atoms with van der Waals surface area (Å²) in [5.74, 6) is 0.222. The minimum atomic E-state index is 0.222. The van der Waals surface area contributed by atoms with Crippen molar-refractivity contribution in [3.63, 3.8) is 0 Å². The summed E-state index contributed by atoms with van der Waals surface area (Å²) in [6.07, 6.45) is 2.29. The van der Waals surface area contributed by atoms with E-state index in [4.69, 9.17) is 0 Å². The Kier molecular flexibility index (Phi) is 1.71. The van der Waals surface area contributed by atoms with E-state index in [1.807, 2.05) is 5.38 Å². The molecule has 0 atom stereocenters. The van der Waals surface area contributed by atoms with Crippen molar-refractivity contribution in [2.24, 2.45) is 0 Å². The van der Waals surface area contributed by atoms with Gasteiger partial charge in [-0.25, -0.2) is 4.98 Å². The third-order valence-electron chi connectivity index (χ3n) is 1.30. The normalized spacial score (nSPS) is 10.0. The molecule has 0 saturated carbocycles. The van der Waals surface area contributed by atoms with Gasteiger partial charge < -0.3 is 4.52 Å². The smallest absolute Gasteiger partial charge is 0.199 e. The van der Waals surface area contributed by atoms with Crippen LogP contribution in [0.4, 0.5) is 0 Å². The van der Waals surface area contributed by atoms with Gasteiger partial charge in [0.1, 0.15) is 10.7 Å². The zero-order chi connectivity index (χ0) is 8.39.